The van der Waals surface area contributed by atoms with Gasteiger partial charge in [-0.2, -0.15) is 0 Å². The summed E-state index contributed by atoms with van der Waals surface area (Å²) < 4.78 is 13.6. The number of pyridine rings is 1. The molecule has 0 unspecified atom stereocenters. The van der Waals surface area contributed by atoms with Crippen LogP contribution >= 0.6 is 0 Å². The Hall–Kier alpha value is -2.27. The van der Waals surface area contributed by atoms with Crippen LogP contribution in [0, 0.1) is 12.7 Å². The largest absolute Gasteiger partial charge is 0.366 e. The van der Waals surface area contributed by atoms with Crippen molar-refractivity contribution in [3.8, 4) is 0 Å². The van der Waals surface area contributed by atoms with Gasteiger partial charge in [-0.05, 0) is 37.3 Å². The number of carbonyl (C=O) groups excluding carboxylic acids is 1. The maximum atomic E-state index is 13.6. The molecule has 1 aromatic heterocycles. The summed E-state index contributed by atoms with van der Waals surface area (Å²) in [5.41, 5.74) is 7.71. The highest BCUT2D eigenvalue weighted by molar-refractivity contribution is 5.92. The zero-order chi connectivity index (χ0) is 14.5. The Morgan fingerprint density at radius 1 is 1.30 bits per heavy atom. The molecule has 0 spiro atoms. The Labute approximate surface area is 116 Å². The molecule has 0 saturated heterocycles. The molecule has 0 radical (unpaired) electrons. The van der Waals surface area contributed by atoms with Gasteiger partial charge in [0.05, 0.1) is 5.69 Å². The van der Waals surface area contributed by atoms with Crippen molar-refractivity contribution >= 4 is 5.91 Å². The van der Waals surface area contributed by atoms with Crippen LogP contribution in [0.15, 0.2) is 36.4 Å². The normalized spacial score (nSPS) is 10.5. The molecule has 1 aromatic carbocycles. The van der Waals surface area contributed by atoms with Crippen LogP contribution in [0.1, 0.15) is 27.3 Å². The minimum atomic E-state index is -0.563. The number of amides is 1. The van der Waals surface area contributed by atoms with E-state index in [-0.39, 0.29) is 5.82 Å². The van der Waals surface area contributed by atoms with Crippen LogP contribution in [-0.2, 0) is 13.1 Å². The molecule has 1 heterocycles. The van der Waals surface area contributed by atoms with Crippen molar-refractivity contribution in [2.45, 2.75) is 20.0 Å². The van der Waals surface area contributed by atoms with E-state index >= 15 is 0 Å². The number of primary amides is 1. The summed E-state index contributed by atoms with van der Waals surface area (Å²) in [6.07, 6.45) is 0. The summed E-state index contributed by atoms with van der Waals surface area (Å²) in [5, 5.41) is 3.10. The SMILES string of the molecule is Cc1cccc(CNCc2cc(C(N)=O)ccc2F)n1. The third-order valence-electron chi connectivity index (χ3n) is 2.90. The highest BCUT2D eigenvalue weighted by Crippen LogP contribution is 2.10. The Morgan fingerprint density at radius 3 is 2.80 bits per heavy atom. The fourth-order valence-corrected chi connectivity index (χ4v) is 1.89. The van der Waals surface area contributed by atoms with E-state index in [4.69, 9.17) is 5.73 Å². The van der Waals surface area contributed by atoms with E-state index in [1.807, 2.05) is 25.1 Å². The summed E-state index contributed by atoms with van der Waals surface area (Å²) in [4.78, 5) is 15.4. The Balaban J connectivity index is 2.00. The average Bonchev–Trinajstić information content (AvgIpc) is 2.40. The molecule has 5 heteroatoms. The standard InChI is InChI=1S/C15H16FN3O/c1-10-3-2-4-13(19-10)9-18-8-12-7-11(15(17)20)5-6-14(12)16/h2-7,18H,8-9H2,1H3,(H2,17,20). The van der Waals surface area contributed by atoms with Gasteiger partial charge in [-0.15, -0.1) is 0 Å². The monoisotopic (exact) mass is 273 g/mol. The van der Waals surface area contributed by atoms with Crippen LogP contribution in [0.5, 0.6) is 0 Å². The lowest BCUT2D eigenvalue weighted by molar-refractivity contribution is 0.1000. The summed E-state index contributed by atoms with van der Waals surface area (Å²) in [6.45, 7) is 2.75. The minimum Gasteiger partial charge on any atom is -0.366 e. The summed E-state index contributed by atoms with van der Waals surface area (Å²) in [5.74, 6) is -0.925. The van der Waals surface area contributed by atoms with Crippen LogP contribution in [0.3, 0.4) is 0 Å². The summed E-state index contributed by atoms with van der Waals surface area (Å²) >= 11 is 0. The molecule has 3 N–H and O–H groups in total. The molecule has 0 bridgehead atoms. The van der Waals surface area contributed by atoms with Gasteiger partial charge in [0, 0.05) is 29.9 Å². The molecule has 104 valence electrons. The fourth-order valence-electron chi connectivity index (χ4n) is 1.89. The van der Waals surface area contributed by atoms with Gasteiger partial charge < -0.3 is 11.1 Å². The van der Waals surface area contributed by atoms with Crippen LogP contribution in [0.25, 0.3) is 0 Å². The maximum absolute atomic E-state index is 13.6. The number of carbonyl (C=O) groups is 1. The van der Waals surface area contributed by atoms with Crippen molar-refractivity contribution < 1.29 is 9.18 Å². The van der Waals surface area contributed by atoms with E-state index in [0.29, 0.717) is 24.2 Å². The number of aryl methyl sites for hydroxylation is 1. The van der Waals surface area contributed by atoms with Crippen molar-refractivity contribution in [3.05, 3.63) is 64.7 Å². The van der Waals surface area contributed by atoms with Gasteiger partial charge >= 0.3 is 0 Å². The topological polar surface area (TPSA) is 68.0 Å². The predicted octanol–water partition coefficient (Wildman–Crippen LogP) is 1.92. The zero-order valence-corrected chi connectivity index (χ0v) is 11.2. The Morgan fingerprint density at radius 2 is 2.10 bits per heavy atom. The molecule has 0 fully saturated rings. The second-order valence-corrected chi connectivity index (χ2v) is 4.54. The predicted molar refractivity (Wildman–Crippen MR) is 74.4 cm³/mol. The molecular formula is C15H16FN3O. The molecule has 1 amide bonds. The molecule has 0 aliphatic heterocycles. The van der Waals surface area contributed by atoms with E-state index in [1.165, 1.54) is 18.2 Å². The number of nitrogens with one attached hydrogen (secondary N) is 1. The first-order valence-corrected chi connectivity index (χ1v) is 6.28. The third kappa shape index (κ3) is 3.61. The molecule has 2 rings (SSSR count). The second kappa shape index (κ2) is 6.25. The second-order valence-electron chi connectivity index (χ2n) is 4.54. The average molecular weight is 273 g/mol. The molecule has 2 aromatic rings. The number of aromatic nitrogens is 1. The first-order valence-electron chi connectivity index (χ1n) is 6.28. The van der Waals surface area contributed by atoms with E-state index in [1.54, 1.807) is 0 Å². The Kier molecular flexibility index (Phi) is 4.42. The smallest absolute Gasteiger partial charge is 0.248 e. The van der Waals surface area contributed by atoms with Gasteiger partial charge in [0.2, 0.25) is 5.91 Å². The van der Waals surface area contributed by atoms with Gasteiger partial charge in [0.15, 0.2) is 0 Å². The van der Waals surface area contributed by atoms with Crippen molar-refractivity contribution in [1.82, 2.24) is 10.3 Å². The van der Waals surface area contributed by atoms with Gasteiger partial charge in [-0.3, -0.25) is 9.78 Å². The zero-order valence-electron chi connectivity index (χ0n) is 11.2. The van der Waals surface area contributed by atoms with Crippen molar-refractivity contribution in [2.24, 2.45) is 5.73 Å². The molecule has 20 heavy (non-hydrogen) atoms. The molecule has 0 aliphatic rings. The van der Waals surface area contributed by atoms with Gasteiger partial charge in [-0.25, -0.2) is 4.39 Å². The molecule has 4 nitrogen and oxygen atoms in total. The number of nitrogens with two attached hydrogens (primary N) is 1. The number of rotatable bonds is 5. The van der Waals surface area contributed by atoms with E-state index in [2.05, 4.69) is 10.3 Å². The maximum Gasteiger partial charge on any atom is 0.248 e. The van der Waals surface area contributed by atoms with E-state index < -0.39 is 5.91 Å². The highest BCUT2D eigenvalue weighted by atomic mass is 19.1. The first-order chi connectivity index (χ1) is 9.56. The Bertz CT molecular complexity index is 628. The molecule has 0 atom stereocenters. The number of halogens is 1. The van der Waals surface area contributed by atoms with Gasteiger partial charge in [-0.1, -0.05) is 6.07 Å². The van der Waals surface area contributed by atoms with E-state index in [0.717, 1.165) is 11.4 Å². The molecular weight excluding hydrogens is 257 g/mol. The lowest BCUT2D eigenvalue weighted by Crippen LogP contribution is -2.16. The molecule has 0 saturated carbocycles. The van der Waals surface area contributed by atoms with Gasteiger partial charge in [0.1, 0.15) is 5.82 Å². The van der Waals surface area contributed by atoms with Crippen molar-refractivity contribution in [3.63, 3.8) is 0 Å². The van der Waals surface area contributed by atoms with Crippen molar-refractivity contribution in [2.75, 3.05) is 0 Å². The van der Waals surface area contributed by atoms with Crippen LogP contribution in [0.4, 0.5) is 4.39 Å². The van der Waals surface area contributed by atoms with Crippen LogP contribution < -0.4 is 11.1 Å². The van der Waals surface area contributed by atoms with Crippen molar-refractivity contribution in [1.29, 1.82) is 0 Å². The number of hydrogen-bond acceptors (Lipinski definition) is 3. The number of hydrogen-bond donors (Lipinski definition) is 2. The fraction of sp³-hybridized carbons (Fsp3) is 0.200. The number of nitrogens with zero attached hydrogens (tertiary/aromatic N) is 1. The van der Waals surface area contributed by atoms with Gasteiger partial charge in [0.25, 0.3) is 0 Å². The number of benzene rings is 1. The quantitative estimate of drug-likeness (QED) is 0.874. The summed E-state index contributed by atoms with van der Waals surface area (Å²) in [7, 11) is 0. The minimum absolute atomic E-state index is 0.303. The highest BCUT2D eigenvalue weighted by Gasteiger charge is 2.07. The first kappa shape index (κ1) is 14.1. The third-order valence-corrected chi connectivity index (χ3v) is 2.90. The lowest BCUT2D eigenvalue weighted by atomic mass is 10.1. The van der Waals surface area contributed by atoms with Crippen LogP contribution in [0.2, 0.25) is 0 Å². The van der Waals surface area contributed by atoms with E-state index in [9.17, 15) is 9.18 Å². The summed E-state index contributed by atoms with van der Waals surface area (Å²) in [6, 6.07) is 9.84. The molecule has 0 aliphatic carbocycles. The lowest BCUT2D eigenvalue weighted by Gasteiger charge is -2.07. The van der Waals surface area contributed by atoms with Crippen LogP contribution in [-0.4, -0.2) is 10.9 Å².